The van der Waals surface area contributed by atoms with Gasteiger partial charge in [0.25, 0.3) is 0 Å². The predicted octanol–water partition coefficient (Wildman–Crippen LogP) is 5.00. The molecule has 0 aliphatic carbocycles. The number of esters is 2. The first-order chi connectivity index (χ1) is 16.9. The van der Waals surface area contributed by atoms with Gasteiger partial charge in [-0.25, -0.2) is 0 Å². The Bertz CT molecular complexity index is 666. The SMILES string of the molecule is CCC(=O)OC(CC)CC(OC)C(C)CCC(OC(=O)C(C)C)C(C)C(OC)C(C)/C=C/N(C)C=O. The van der Waals surface area contributed by atoms with Crippen molar-refractivity contribution in [2.24, 2.45) is 23.7 Å². The molecule has 8 heteroatoms. The summed E-state index contributed by atoms with van der Waals surface area (Å²) < 4.78 is 23.1. The lowest BCUT2D eigenvalue weighted by Crippen LogP contribution is -2.39. The molecule has 0 radical (unpaired) electrons. The van der Waals surface area contributed by atoms with Gasteiger partial charge in [0, 0.05) is 52.1 Å². The highest BCUT2D eigenvalue weighted by Gasteiger charge is 2.33. The van der Waals surface area contributed by atoms with Crippen LogP contribution in [0.15, 0.2) is 12.3 Å². The van der Waals surface area contributed by atoms with E-state index < -0.39 is 0 Å². The second-order valence-electron chi connectivity index (χ2n) is 10.1. The number of nitrogens with zero attached hydrogens (tertiary/aromatic N) is 1. The van der Waals surface area contributed by atoms with Crippen molar-refractivity contribution >= 4 is 18.3 Å². The average molecular weight is 514 g/mol. The Morgan fingerprint density at radius 1 is 0.917 bits per heavy atom. The molecular weight excluding hydrogens is 462 g/mol. The molecule has 0 fully saturated rings. The van der Waals surface area contributed by atoms with E-state index in [1.807, 2.05) is 40.7 Å². The summed E-state index contributed by atoms with van der Waals surface area (Å²) >= 11 is 0. The molecule has 7 unspecified atom stereocenters. The van der Waals surface area contributed by atoms with Crippen LogP contribution in [0.5, 0.6) is 0 Å². The van der Waals surface area contributed by atoms with Gasteiger partial charge >= 0.3 is 11.9 Å². The van der Waals surface area contributed by atoms with Gasteiger partial charge in [0.15, 0.2) is 0 Å². The summed E-state index contributed by atoms with van der Waals surface area (Å²) in [6, 6.07) is 0. The Morgan fingerprint density at radius 3 is 2.03 bits per heavy atom. The van der Waals surface area contributed by atoms with E-state index in [0.717, 1.165) is 19.3 Å². The van der Waals surface area contributed by atoms with Crippen LogP contribution in [0.2, 0.25) is 0 Å². The highest BCUT2D eigenvalue weighted by atomic mass is 16.6. The maximum absolute atomic E-state index is 12.5. The van der Waals surface area contributed by atoms with Crippen LogP contribution in [0, 0.1) is 23.7 Å². The molecule has 0 saturated carbocycles. The summed E-state index contributed by atoms with van der Waals surface area (Å²) in [4.78, 5) is 36.7. The average Bonchev–Trinajstić information content (AvgIpc) is 2.86. The van der Waals surface area contributed by atoms with Crippen LogP contribution in [0.1, 0.15) is 80.6 Å². The molecule has 8 nitrogen and oxygen atoms in total. The minimum Gasteiger partial charge on any atom is -0.462 e. The smallest absolute Gasteiger partial charge is 0.308 e. The van der Waals surface area contributed by atoms with Crippen molar-refractivity contribution in [1.82, 2.24) is 4.90 Å². The van der Waals surface area contributed by atoms with Gasteiger partial charge in [-0.2, -0.15) is 0 Å². The molecular formula is C28H51NO7. The summed E-state index contributed by atoms with van der Waals surface area (Å²) in [6.07, 6.45) is 6.67. The topological polar surface area (TPSA) is 91.4 Å². The molecule has 210 valence electrons. The van der Waals surface area contributed by atoms with Crippen molar-refractivity contribution in [3.05, 3.63) is 12.3 Å². The van der Waals surface area contributed by atoms with Gasteiger partial charge in [-0.05, 0) is 25.2 Å². The molecule has 7 atom stereocenters. The Balaban J connectivity index is 5.51. The molecule has 0 aromatic heterocycles. The molecule has 1 amide bonds. The zero-order valence-electron chi connectivity index (χ0n) is 24.2. The Kier molecular flexibility index (Phi) is 17.4. The van der Waals surface area contributed by atoms with Crippen LogP contribution < -0.4 is 0 Å². The molecule has 0 aliphatic heterocycles. The second kappa shape index (κ2) is 18.3. The van der Waals surface area contributed by atoms with Crippen LogP contribution in [0.3, 0.4) is 0 Å². The fourth-order valence-corrected chi connectivity index (χ4v) is 4.25. The third-order valence-corrected chi connectivity index (χ3v) is 6.81. The monoisotopic (exact) mass is 513 g/mol. The van der Waals surface area contributed by atoms with Crippen molar-refractivity contribution in [3.8, 4) is 0 Å². The number of carbonyl (C=O) groups excluding carboxylic acids is 3. The first kappa shape index (κ1) is 34.1. The van der Waals surface area contributed by atoms with Crippen molar-refractivity contribution < 1.29 is 33.3 Å². The maximum Gasteiger partial charge on any atom is 0.308 e. The Hall–Kier alpha value is -1.93. The van der Waals surface area contributed by atoms with Crippen LogP contribution in [0.4, 0.5) is 0 Å². The van der Waals surface area contributed by atoms with Gasteiger partial charge in [0.05, 0.1) is 18.1 Å². The van der Waals surface area contributed by atoms with Crippen molar-refractivity contribution in [3.63, 3.8) is 0 Å². The summed E-state index contributed by atoms with van der Waals surface area (Å²) in [5, 5.41) is 0. The van der Waals surface area contributed by atoms with Gasteiger partial charge in [0.2, 0.25) is 6.41 Å². The van der Waals surface area contributed by atoms with Crippen molar-refractivity contribution in [2.45, 2.75) is 105 Å². The zero-order valence-corrected chi connectivity index (χ0v) is 24.2. The van der Waals surface area contributed by atoms with Gasteiger partial charge in [-0.15, -0.1) is 0 Å². The van der Waals surface area contributed by atoms with Crippen molar-refractivity contribution in [2.75, 3.05) is 21.3 Å². The number of amides is 1. The minimum atomic E-state index is -0.343. The first-order valence-electron chi connectivity index (χ1n) is 13.3. The lowest BCUT2D eigenvalue weighted by Gasteiger charge is -2.34. The molecule has 0 N–H and O–H groups in total. The molecule has 0 saturated heterocycles. The fourth-order valence-electron chi connectivity index (χ4n) is 4.25. The van der Waals surface area contributed by atoms with Gasteiger partial charge in [0.1, 0.15) is 12.2 Å². The van der Waals surface area contributed by atoms with Crippen LogP contribution in [-0.4, -0.2) is 68.9 Å². The fraction of sp³-hybridized carbons (Fsp3) is 0.821. The van der Waals surface area contributed by atoms with E-state index >= 15 is 0 Å². The summed E-state index contributed by atoms with van der Waals surface area (Å²) in [7, 11) is 5.01. The van der Waals surface area contributed by atoms with Gasteiger partial charge < -0.3 is 23.8 Å². The summed E-state index contributed by atoms with van der Waals surface area (Å²) in [5.74, 6) is -0.597. The first-order valence-corrected chi connectivity index (χ1v) is 13.3. The van der Waals surface area contributed by atoms with E-state index in [4.69, 9.17) is 18.9 Å². The number of hydrogen-bond acceptors (Lipinski definition) is 7. The molecule has 0 heterocycles. The van der Waals surface area contributed by atoms with Crippen LogP contribution in [0.25, 0.3) is 0 Å². The highest BCUT2D eigenvalue weighted by Crippen LogP contribution is 2.29. The Morgan fingerprint density at radius 2 is 1.56 bits per heavy atom. The number of ether oxygens (including phenoxy) is 4. The number of hydrogen-bond donors (Lipinski definition) is 0. The molecule has 0 aliphatic rings. The Labute approximate surface area is 219 Å². The largest absolute Gasteiger partial charge is 0.462 e. The molecule has 0 aromatic rings. The third kappa shape index (κ3) is 12.3. The summed E-state index contributed by atoms with van der Waals surface area (Å²) in [6.45, 7) is 13.6. The standard InChI is InChI=1S/C28H51NO7/c1-11-23(35-26(31)12-2)17-25(33-9)20(5)13-14-24(36-28(32)19(3)4)22(7)27(34-10)21(6)15-16-29(8)18-30/h15-16,18-25,27H,11-14,17H2,1-10H3/b16-15+. The van der Waals surface area contributed by atoms with Crippen molar-refractivity contribution in [1.29, 1.82) is 0 Å². The molecule has 36 heavy (non-hydrogen) atoms. The molecule has 0 rings (SSSR count). The zero-order chi connectivity index (χ0) is 27.8. The van der Waals surface area contributed by atoms with E-state index in [9.17, 15) is 14.4 Å². The normalized spacial score (nSPS) is 17.6. The van der Waals surface area contributed by atoms with E-state index in [1.54, 1.807) is 34.4 Å². The maximum atomic E-state index is 12.5. The minimum absolute atomic E-state index is 0.00429. The number of carbonyl (C=O) groups is 3. The second-order valence-corrected chi connectivity index (χ2v) is 10.1. The quantitative estimate of drug-likeness (QED) is 0.177. The number of methoxy groups -OCH3 is 2. The van der Waals surface area contributed by atoms with Gasteiger partial charge in [-0.3, -0.25) is 14.4 Å². The van der Waals surface area contributed by atoms with E-state index in [2.05, 4.69) is 6.92 Å². The lowest BCUT2D eigenvalue weighted by atomic mass is 9.84. The lowest BCUT2D eigenvalue weighted by molar-refractivity contribution is -0.159. The van der Waals surface area contributed by atoms with Crippen LogP contribution >= 0.6 is 0 Å². The van der Waals surface area contributed by atoms with E-state index in [-0.39, 0.29) is 60.0 Å². The molecule has 0 spiro atoms. The van der Waals surface area contributed by atoms with Crippen LogP contribution in [-0.2, 0) is 33.3 Å². The highest BCUT2D eigenvalue weighted by molar-refractivity contribution is 5.71. The van der Waals surface area contributed by atoms with E-state index in [0.29, 0.717) is 19.3 Å². The van der Waals surface area contributed by atoms with E-state index in [1.165, 1.54) is 4.90 Å². The van der Waals surface area contributed by atoms with Gasteiger partial charge in [-0.1, -0.05) is 54.5 Å². The third-order valence-electron chi connectivity index (χ3n) is 6.81. The summed E-state index contributed by atoms with van der Waals surface area (Å²) in [5.41, 5.74) is 0. The molecule has 0 bridgehead atoms. The molecule has 0 aromatic carbocycles. The number of rotatable bonds is 19. The predicted molar refractivity (Wildman–Crippen MR) is 141 cm³/mol.